The summed E-state index contributed by atoms with van der Waals surface area (Å²) in [5.41, 5.74) is 1.94. The molecule has 2 N–H and O–H groups in total. The third-order valence-corrected chi connectivity index (χ3v) is 8.99. The molecule has 172 valence electrons. The van der Waals surface area contributed by atoms with Gasteiger partial charge in [0.2, 0.25) is 10.0 Å². The van der Waals surface area contributed by atoms with Crippen LogP contribution in [-0.2, 0) is 10.0 Å². The number of piperidine rings is 1. The van der Waals surface area contributed by atoms with Crippen LogP contribution in [-0.4, -0.2) is 42.9 Å². The van der Waals surface area contributed by atoms with Crippen molar-refractivity contribution in [1.82, 2.24) is 19.6 Å². The van der Waals surface area contributed by atoms with Crippen LogP contribution in [0.3, 0.4) is 0 Å². The molecule has 2 aromatic heterocycles. The van der Waals surface area contributed by atoms with Crippen molar-refractivity contribution in [3.63, 3.8) is 0 Å². The van der Waals surface area contributed by atoms with E-state index in [1.807, 2.05) is 20.8 Å². The Labute approximate surface area is 192 Å². The zero-order chi connectivity index (χ0) is 23.0. The maximum absolute atomic E-state index is 12.7. The molecule has 3 aromatic rings. The first-order valence-corrected chi connectivity index (χ1v) is 13.3. The molecule has 1 aromatic carbocycles. The van der Waals surface area contributed by atoms with Crippen LogP contribution in [0.2, 0.25) is 0 Å². The number of nitrogens with zero attached hydrogens (tertiary/aromatic N) is 2. The van der Waals surface area contributed by atoms with Crippen LogP contribution in [0.5, 0.6) is 0 Å². The van der Waals surface area contributed by atoms with E-state index in [0.717, 1.165) is 46.8 Å². The monoisotopic (exact) mass is 474 g/mol. The molecule has 1 aliphatic rings. The zero-order valence-electron chi connectivity index (χ0n) is 18.9. The Morgan fingerprint density at radius 3 is 2.69 bits per heavy atom. The average Bonchev–Trinajstić information content (AvgIpc) is 3.06. The van der Waals surface area contributed by atoms with Crippen LogP contribution in [0.1, 0.15) is 47.6 Å². The van der Waals surface area contributed by atoms with E-state index in [9.17, 15) is 13.2 Å². The first kappa shape index (κ1) is 23.1. The first-order valence-electron chi connectivity index (χ1n) is 11.0. The van der Waals surface area contributed by atoms with Crippen molar-refractivity contribution < 1.29 is 8.42 Å². The average molecular weight is 475 g/mol. The van der Waals surface area contributed by atoms with E-state index >= 15 is 0 Å². The highest BCUT2D eigenvalue weighted by Crippen LogP contribution is 2.29. The molecule has 9 heteroatoms. The van der Waals surface area contributed by atoms with E-state index < -0.39 is 10.0 Å². The number of hydrogen-bond acceptors (Lipinski definition) is 6. The Bertz CT molecular complexity index is 1280. The highest BCUT2D eigenvalue weighted by atomic mass is 32.2. The predicted molar refractivity (Wildman–Crippen MR) is 129 cm³/mol. The molecule has 0 saturated carbocycles. The summed E-state index contributed by atoms with van der Waals surface area (Å²) in [6.45, 7) is 10.00. The Morgan fingerprint density at radius 2 is 1.97 bits per heavy atom. The number of likely N-dealkylation sites (tertiary alicyclic amines) is 1. The minimum atomic E-state index is -3.53. The lowest BCUT2D eigenvalue weighted by Crippen LogP contribution is -2.42. The summed E-state index contributed by atoms with van der Waals surface area (Å²) >= 11 is 1.55. The van der Waals surface area contributed by atoms with Crippen molar-refractivity contribution in [3.8, 4) is 0 Å². The minimum absolute atomic E-state index is 0.0497. The Kier molecular flexibility index (Phi) is 6.53. The van der Waals surface area contributed by atoms with E-state index in [0.29, 0.717) is 22.7 Å². The van der Waals surface area contributed by atoms with Crippen molar-refractivity contribution in [2.75, 3.05) is 19.6 Å². The molecular weight excluding hydrogens is 444 g/mol. The second-order valence-corrected chi connectivity index (χ2v) is 11.7. The van der Waals surface area contributed by atoms with Crippen LogP contribution in [0.4, 0.5) is 0 Å². The second-order valence-electron chi connectivity index (χ2n) is 8.76. The van der Waals surface area contributed by atoms with Crippen LogP contribution < -0.4 is 10.3 Å². The molecule has 0 spiro atoms. The molecule has 7 nitrogen and oxygen atoms in total. The molecule has 32 heavy (non-hydrogen) atoms. The lowest BCUT2D eigenvalue weighted by Gasteiger charge is -2.36. The summed E-state index contributed by atoms with van der Waals surface area (Å²) < 4.78 is 28.1. The largest absolute Gasteiger partial charge is 0.309 e. The molecule has 1 saturated heterocycles. The van der Waals surface area contributed by atoms with Gasteiger partial charge in [-0.2, -0.15) is 0 Å². The number of rotatable bonds is 6. The fourth-order valence-corrected chi connectivity index (χ4v) is 6.44. The van der Waals surface area contributed by atoms with Crippen molar-refractivity contribution in [3.05, 3.63) is 56.4 Å². The molecule has 0 amide bonds. The Morgan fingerprint density at radius 1 is 1.25 bits per heavy atom. The number of sulfonamides is 1. The number of H-pyrrole nitrogens is 1. The summed E-state index contributed by atoms with van der Waals surface area (Å²) in [6.07, 6.45) is 1.94. The number of fused-ring (bicyclic) bond motifs is 1. The van der Waals surface area contributed by atoms with Gasteiger partial charge >= 0.3 is 0 Å². The number of aromatic amines is 1. The third-order valence-electron chi connectivity index (χ3n) is 6.44. The zero-order valence-corrected chi connectivity index (χ0v) is 20.6. The fourth-order valence-electron chi connectivity index (χ4n) is 4.29. The molecule has 0 radical (unpaired) electrons. The molecule has 3 heterocycles. The van der Waals surface area contributed by atoms with Crippen LogP contribution >= 0.6 is 11.3 Å². The molecule has 1 fully saturated rings. The van der Waals surface area contributed by atoms with Gasteiger partial charge in [-0.15, -0.1) is 11.3 Å². The lowest BCUT2D eigenvalue weighted by atomic mass is 9.97. The van der Waals surface area contributed by atoms with E-state index in [4.69, 9.17) is 4.98 Å². The highest BCUT2D eigenvalue weighted by Gasteiger charge is 2.27. The smallest absolute Gasteiger partial charge is 0.259 e. The molecule has 2 atom stereocenters. The van der Waals surface area contributed by atoms with Gasteiger partial charge in [-0.25, -0.2) is 18.1 Å². The molecule has 1 aliphatic heterocycles. The summed E-state index contributed by atoms with van der Waals surface area (Å²) in [4.78, 5) is 24.9. The maximum Gasteiger partial charge on any atom is 0.259 e. The van der Waals surface area contributed by atoms with Crippen molar-refractivity contribution in [2.45, 2.75) is 51.5 Å². The topological polar surface area (TPSA) is 95.2 Å². The Balaban J connectivity index is 1.45. The van der Waals surface area contributed by atoms with Crippen molar-refractivity contribution >= 4 is 31.6 Å². The van der Waals surface area contributed by atoms with Gasteiger partial charge in [0, 0.05) is 18.0 Å². The van der Waals surface area contributed by atoms with Gasteiger partial charge in [0.05, 0.1) is 16.3 Å². The van der Waals surface area contributed by atoms with Crippen LogP contribution in [0, 0.1) is 26.7 Å². The van der Waals surface area contributed by atoms with E-state index in [1.165, 1.54) is 0 Å². The number of aromatic nitrogens is 2. The number of hydrogen-bond donors (Lipinski definition) is 2. The van der Waals surface area contributed by atoms with Gasteiger partial charge in [0.1, 0.15) is 10.7 Å². The molecular formula is C23H30N4O3S2. The highest BCUT2D eigenvalue weighted by molar-refractivity contribution is 7.89. The normalized spacial score (nSPS) is 18.8. The van der Waals surface area contributed by atoms with Gasteiger partial charge in [0.25, 0.3) is 5.56 Å². The van der Waals surface area contributed by atoms with Gasteiger partial charge in [-0.05, 0) is 70.7 Å². The molecule has 2 unspecified atom stereocenters. The summed E-state index contributed by atoms with van der Waals surface area (Å²) in [6, 6.07) is 6.84. The Hall–Kier alpha value is -2.07. The third kappa shape index (κ3) is 4.66. The number of thiophene rings is 1. The summed E-state index contributed by atoms with van der Waals surface area (Å²) in [5.74, 6) is 0.873. The van der Waals surface area contributed by atoms with Gasteiger partial charge in [-0.3, -0.25) is 9.69 Å². The molecule has 0 bridgehead atoms. The van der Waals surface area contributed by atoms with Crippen molar-refractivity contribution in [1.29, 1.82) is 0 Å². The number of benzene rings is 1. The van der Waals surface area contributed by atoms with Gasteiger partial charge in [-0.1, -0.05) is 17.7 Å². The molecule has 0 aliphatic carbocycles. The lowest BCUT2D eigenvalue weighted by molar-refractivity contribution is 0.128. The van der Waals surface area contributed by atoms with Crippen LogP contribution in [0.25, 0.3) is 10.2 Å². The van der Waals surface area contributed by atoms with Gasteiger partial charge in [0.15, 0.2) is 0 Å². The van der Waals surface area contributed by atoms with Crippen molar-refractivity contribution in [2.24, 2.45) is 5.92 Å². The quantitative estimate of drug-likeness (QED) is 0.569. The minimum Gasteiger partial charge on any atom is -0.309 e. The number of nitrogens with one attached hydrogen (secondary N) is 2. The van der Waals surface area contributed by atoms with Gasteiger partial charge < -0.3 is 4.98 Å². The SMILES string of the molecule is Cc1ccc(S(=O)(=O)NCC2CCCN(C(C)c3nc4sc(C)c(C)c4c(=O)[nH]3)C2)cc1. The van der Waals surface area contributed by atoms with Crippen LogP contribution in [0.15, 0.2) is 34.0 Å². The first-order chi connectivity index (χ1) is 15.2. The fraction of sp³-hybridized carbons (Fsp3) is 0.478. The van der Waals surface area contributed by atoms with E-state index in [1.54, 1.807) is 35.6 Å². The maximum atomic E-state index is 12.7. The van der Waals surface area contributed by atoms with E-state index in [2.05, 4.69) is 21.5 Å². The summed E-state index contributed by atoms with van der Waals surface area (Å²) in [7, 11) is -3.53. The second kappa shape index (κ2) is 9.05. The van der Waals surface area contributed by atoms with E-state index in [-0.39, 0.29) is 17.5 Å². The standard InChI is InChI=1S/C23H30N4O3S2/c1-14-7-9-19(10-8-14)32(29,30)24-12-18-6-5-11-27(13-18)16(3)21-25-22(28)20-15(2)17(4)31-23(20)26-21/h7-10,16,18,24H,5-6,11-13H2,1-4H3,(H,25,26,28). The number of aryl methyl sites for hydroxylation is 3. The molecule has 4 rings (SSSR count). The predicted octanol–water partition coefficient (Wildman–Crippen LogP) is 3.66. The summed E-state index contributed by atoms with van der Waals surface area (Å²) in [5, 5.41) is 0.686.